The number of aryl methyl sites for hydroxylation is 2. The standard InChI is InChI=1S/C26H30N2O4S/c1-4-19-10-13-23-22(15-19)25(28-14-6-7-20(17-28)26(29)32-5-2)24(16-27-23)33(30,31)21-11-8-18(3)9-12-21/h8-13,15-16,20H,4-7,14,17H2,1-3H3/t20-/m0/s1. The van der Waals surface area contributed by atoms with E-state index < -0.39 is 9.84 Å². The molecule has 0 spiro atoms. The number of esters is 1. The fourth-order valence-corrected chi connectivity index (χ4v) is 5.86. The van der Waals surface area contributed by atoms with Gasteiger partial charge in [0.05, 0.1) is 28.6 Å². The lowest BCUT2D eigenvalue weighted by Crippen LogP contribution is -2.40. The minimum absolute atomic E-state index is 0.177. The van der Waals surface area contributed by atoms with Crippen molar-refractivity contribution in [1.29, 1.82) is 0 Å². The van der Waals surface area contributed by atoms with Gasteiger partial charge < -0.3 is 9.64 Å². The zero-order chi connectivity index (χ0) is 23.6. The quantitative estimate of drug-likeness (QED) is 0.490. The van der Waals surface area contributed by atoms with Crippen LogP contribution in [0.1, 0.15) is 37.8 Å². The van der Waals surface area contributed by atoms with Crippen LogP contribution < -0.4 is 4.90 Å². The maximum absolute atomic E-state index is 13.8. The third-order valence-electron chi connectivity index (χ3n) is 6.26. The number of pyridine rings is 1. The summed E-state index contributed by atoms with van der Waals surface area (Å²) in [6.07, 6.45) is 3.81. The van der Waals surface area contributed by atoms with Gasteiger partial charge in [0, 0.05) is 24.7 Å². The van der Waals surface area contributed by atoms with Crippen molar-refractivity contribution < 1.29 is 17.9 Å². The van der Waals surface area contributed by atoms with Gasteiger partial charge in [-0.1, -0.05) is 30.7 Å². The highest BCUT2D eigenvalue weighted by Crippen LogP contribution is 2.38. The first kappa shape index (κ1) is 23.2. The smallest absolute Gasteiger partial charge is 0.310 e. The largest absolute Gasteiger partial charge is 0.466 e. The molecule has 0 saturated carbocycles. The van der Waals surface area contributed by atoms with Crippen molar-refractivity contribution in [2.75, 3.05) is 24.6 Å². The summed E-state index contributed by atoms with van der Waals surface area (Å²) in [6.45, 7) is 7.22. The van der Waals surface area contributed by atoms with Crippen LogP contribution in [0.5, 0.6) is 0 Å². The Morgan fingerprint density at radius 2 is 1.91 bits per heavy atom. The first-order chi connectivity index (χ1) is 15.8. The number of piperidine rings is 1. The molecule has 33 heavy (non-hydrogen) atoms. The number of benzene rings is 2. The van der Waals surface area contributed by atoms with Crippen LogP contribution in [0.4, 0.5) is 5.69 Å². The lowest BCUT2D eigenvalue weighted by Gasteiger charge is -2.35. The van der Waals surface area contributed by atoms with Gasteiger partial charge >= 0.3 is 5.97 Å². The number of sulfone groups is 1. The van der Waals surface area contributed by atoms with Gasteiger partial charge in [-0.25, -0.2) is 8.42 Å². The van der Waals surface area contributed by atoms with E-state index in [2.05, 4.69) is 11.9 Å². The van der Waals surface area contributed by atoms with E-state index in [1.165, 1.54) is 6.20 Å². The van der Waals surface area contributed by atoms with Gasteiger partial charge in [0.25, 0.3) is 0 Å². The molecule has 1 atom stereocenters. The van der Waals surface area contributed by atoms with Crippen LogP contribution in [0.15, 0.2) is 58.5 Å². The topological polar surface area (TPSA) is 76.6 Å². The Labute approximate surface area is 195 Å². The molecule has 174 valence electrons. The maximum Gasteiger partial charge on any atom is 0.310 e. The second-order valence-corrected chi connectivity index (χ2v) is 10.4. The molecule has 1 aliphatic heterocycles. The zero-order valence-corrected chi connectivity index (χ0v) is 20.2. The van der Waals surface area contributed by atoms with E-state index in [4.69, 9.17) is 4.74 Å². The Hall–Kier alpha value is -2.93. The van der Waals surface area contributed by atoms with Crippen molar-refractivity contribution in [3.05, 3.63) is 59.8 Å². The van der Waals surface area contributed by atoms with Crippen LogP contribution in [-0.2, 0) is 25.8 Å². The average Bonchev–Trinajstić information content (AvgIpc) is 2.83. The number of aromatic nitrogens is 1. The van der Waals surface area contributed by atoms with Crippen LogP contribution in [0.2, 0.25) is 0 Å². The van der Waals surface area contributed by atoms with Crippen LogP contribution in [-0.4, -0.2) is 39.1 Å². The number of hydrogen-bond acceptors (Lipinski definition) is 6. The first-order valence-electron chi connectivity index (χ1n) is 11.5. The molecule has 3 aromatic rings. The summed E-state index contributed by atoms with van der Waals surface area (Å²) in [7, 11) is -3.82. The van der Waals surface area contributed by atoms with Crippen molar-refractivity contribution in [3.63, 3.8) is 0 Å². The monoisotopic (exact) mass is 466 g/mol. The number of nitrogens with zero attached hydrogens (tertiary/aromatic N) is 2. The van der Waals surface area contributed by atoms with Crippen molar-refractivity contribution in [2.45, 2.75) is 49.8 Å². The van der Waals surface area contributed by atoms with Gasteiger partial charge in [0.1, 0.15) is 4.90 Å². The Morgan fingerprint density at radius 3 is 2.61 bits per heavy atom. The van der Waals surface area contributed by atoms with Crippen molar-refractivity contribution in [2.24, 2.45) is 5.92 Å². The van der Waals surface area contributed by atoms with Crippen molar-refractivity contribution in [1.82, 2.24) is 4.98 Å². The summed E-state index contributed by atoms with van der Waals surface area (Å²) in [4.78, 5) is 19.5. The summed E-state index contributed by atoms with van der Waals surface area (Å²) in [6, 6.07) is 12.9. The number of rotatable bonds is 6. The van der Waals surface area contributed by atoms with E-state index in [9.17, 15) is 13.2 Å². The average molecular weight is 467 g/mol. The van der Waals surface area contributed by atoms with Crippen molar-refractivity contribution in [3.8, 4) is 0 Å². The summed E-state index contributed by atoms with van der Waals surface area (Å²) >= 11 is 0. The third kappa shape index (κ3) is 4.60. The van der Waals surface area contributed by atoms with Crippen LogP contribution >= 0.6 is 0 Å². The highest BCUT2D eigenvalue weighted by Gasteiger charge is 2.32. The Morgan fingerprint density at radius 1 is 1.15 bits per heavy atom. The van der Waals surface area contributed by atoms with E-state index in [-0.39, 0.29) is 21.7 Å². The Balaban J connectivity index is 1.90. The maximum atomic E-state index is 13.8. The molecule has 1 aromatic heterocycles. The highest BCUT2D eigenvalue weighted by atomic mass is 32.2. The molecule has 0 unspecified atom stereocenters. The number of ether oxygens (including phenoxy) is 1. The number of anilines is 1. The number of carbonyl (C=O) groups is 1. The molecule has 1 saturated heterocycles. The van der Waals surface area contributed by atoms with Gasteiger partial charge in [-0.2, -0.15) is 0 Å². The van der Waals surface area contributed by atoms with Gasteiger partial charge in [-0.05, 0) is 62.9 Å². The van der Waals surface area contributed by atoms with Crippen LogP contribution in [0.25, 0.3) is 10.9 Å². The molecular formula is C26H30N2O4S. The molecule has 2 heterocycles. The molecule has 0 amide bonds. The Kier molecular flexibility index (Phi) is 6.70. The minimum atomic E-state index is -3.82. The van der Waals surface area contributed by atoms with Crippen LogP contribution in [0.3, 0.4) is 0 Å². The lowest BCUT2D eigenvalue weighted by molar-refractivity contribution is -0.148. The molecule has 1 fully saturated rings. The molecule has 6 nitrogen and oxygen atoms in total. The third-order valence-corrected chi connectivity index (χ3v) is 8.03. The predicted molar refractivity (Wildman–Crippen MR) is 129 cm³/mol. The highest BCUT2D eigenvalue weighted by molar-refractivity contribution is 7.91. The van der Waals surface area contributed by atoms with Gasteiger partial charge in [0.15, 0.2) is 0 Å². The van der Waals surface area contributed by atoms with E-state index in [1.807, 2.05) is 30.0 Å². The van der Waals surface area contributed by atoms with Gasteiger partial charge in [-0.15, -0.1) is 0 Å². The number of fused-ring (bicyclic) bond motifs is 1. The second-order valence-electron chi connectivity index (χ2n) is 8.53. The molecule has 0 bridgehead atoms. The van der Waals surface area contributed by atoms with E-state index in [1.54, 1.807) is 31.2 Å². The fraction of sp³-hybridized carbons (Fsp3) is 0.385. The number of hydrogen-bond donors (Lipinski definition) is 0. The van der Waals surface area contributed by atoms with Gasteiger partial charge in [0.2, 0.25) is 9.84 Å². The lowest BCUT2D eigenvalue weighted by atomic mass is 9.97. The van der Waals surface area contributed by atoms with E-state index >= 15 is 0 Å². The van der Waals surface area contributed by atoms with E-state index in [0.29, 0.717) is 25.4 Å². The van der Waals surface area contributed by atoms with Gasteiger partial charge in [-0.3, -0.25) is 9.78 Å². The summed E-state index contributed by atoms with van der Waals surface area (Å²) in [5.74, 6) is -0.510. The second kappa shape index (κ2) is 9.51. The molecule has 2 aromatic carbocycles. The molecule has 4 rings (SSSR count). The molecule has 1 aliphatic rings. The summed E-state index contributed by atoms with van der Waals surface area (Å²) in [5.41, 5.74) is 3.47. The van der Waals surface area contributed by atoms with E-state index in [0.717, 1.165) is 41.3 Å². The number of carbonyl (C=O) groups excluding carboxylic acids is 1. The molecule has 0 aliphatic carbocycles. The predicted octanol–water partition coefficient (Wildman–Crippen LogP) is 4.72. The summed E-state index contributed by atoms with van der Waals surface area (Å²) < 4.78 is 32.8. The summed E-state index contributed by atoms with van der Waals surface area (Å²) in [5, 5.41) is 0.798. The molecule has 7 heteroatoms. The molecular weight excluding hydrogens is 436 g/mol. The SMILES string of the molecule is CCOC(=O)[C@H]1CCCN(c2c(S(=O)(=O)c3ccc(C)cc3)cnc3ccc(CC)cc23)C1. The first-order valence-corrected chi connectivity index (χ1v) is 13.0. The zero-order valence-electron chi connectivity index (χ0n) is 19.4. The molecule has 0 radical (unpaired) electrons. The van der Waals surface area contributed by atoms with Crippen LogP contribution in [0, 0.1) is 12.8 Å². The minimum Gasteiger partial charge on any atom is -0.466 e. The Bertz CT molecular complexity index is 1270. The molecule has 0 N–H and O–H groups in total. The van der Waals surface area contributed by atoms with Crippen molar-refractivity contribution >= 4 is 32.4 Å². The normalized spacial score (nSPS) is 16.7. The fourth-order valence-electron chi connectivity index (χ4n) is 4.43.